The molecule has 0 bridgehead atoms. The molecule has 0 saturated carbocycles. The minimum Gasteiger partial charge on any atom is -0.455 e. The van der Waals surface area contributed by atoms with Gasteiger partial charge in [0.25, 0.3) is 5.91 Å². The zero-order valence-electron chi connectivity index (χ0n) is 16.0. The van der Waals surface area contributed by atoms with Crippen LogP contribution in [0.15, 0.2) is 29.2 Å². The molecule has 0 unspecified atom stereocenters. The number of likely N-dealkylation sites (N-methyl/N-ethyl adjacent to an activating group) is 1. The van der Waals surface area contributed by atoms with Crippen LogP contribution in [-0.2, 0) is 29.1 Å². The van der Waals surface area contributed by atoms with Crippen molar-refractivity contribution in [3.63, 3.8) is 0 Å². The molecule has 2 rings (SSSR count). The molecule has 1 aliphatic rings. The van der Waals surface area contributed by atoms with Crippen molar-refractivity contribution in [2.75, 3.05) is 33.3 Å². The van der Waals surface area contributed by atoms with Gasteiger partial charge >= 0.3 is 5.97 Å². The third kappa shape index (κ3) is 5.52. The number of carbonyl (C=O) groups excluding carboxylic acids is 3. The molecule has 2 amide bonds. The monoisotopic (exact) mass is 411 g/mol. The largest absolute Gasteiger partial charge is 0.455 e. The molecule has 1 atom stereocenters. The molecule has 28 heavy (non-hydrogen) atoms. The van der Waals surface area contributed by atoms with Gasteiger partial charge in [0.1, 0.15) is 6.54 Å². The number of amides is 2. The predicted octanol–water partition coefficient (Wildman–Crippen LogP) is -0.117. The lowest BCUT2D eigenvalue weighted by Gasteiger charge is -2.31. The summed E-state index contributed by atoms with van der Waals surface area (Å²) in [6.45, 7) is 1.47. The van der Waals surface area contributed by atoms with Gasteiger partial charge in [0.2, 0.25) is 15.9 Å². The quantitative estimate of drug-likeness (QED) is 0.623. The minimum absolute atomic E-state index is 0.0651. The van der Waals surface area contributed by atoms with Crippen LogP contribution in [0.1, 0.15) is 18.4 Å². The average molecular weight is 411 g/mol. The summed E-state index contributed by atoms with van der Waals surface area (Å²) < 4.78 is 30.7. The van der Waals surface area contributed by atoms with Crippen LogP contribution in [0.2, 0.25) is 0 Å². The number of sulfonamides is 1. The van der Waals surface area contributed by atoms with Gasteiger partial charge in [0, 0.05) is 20.1 Å². The van der Waals surface area contributed by atoms with Crippen LogP contribution in [0.25, 0.3) is 0 Å². The van der Waals surface area contributed by atoms with Crippen LogP contribution in [-0.4, -0.2) is 68.7 Å². The summed E-state index contributed by atoms with van der Waals surface area (Å²) >= 11 is 0. The first-order valence-corrected chi connectivity index (χ1v) is 10.3. The Morgan fingerprint density at radius 2 is 1.89 bits per heavy atom. The standard InChI is InChI=1S/C18H25N3O6S/c1-13-5-7-15(8-6-13)28(25,26)20(2)11-17(23)27-12-16(22)21-9-3-4-14(10-21)18(19)24/h5-8,14H,3-4,9-12H2,1-2H3,(H2,19,24)/t14-/m0/s1. The maximum Gasteiger partial charge on any atom is 0.321 e. The molecule has 0 aliphatic carbocycles. The molecular weight excluding hydrogens is 386 g/mol. The Labute approximate surface area is 164 Å². The summed E-state index contributed by atoms with van der Waals surface area (Å²) in [6.07, 6.45) is 1.27. The van der Waals surface area contributed by atoms with Crippen molar-refractivity contribution in [2.45, 2.75) is 24.7 Å². The fraction of sp³-hybridized carbons (Fsp3) is 0.500. The third-order valence-corrected chi connectivity index (χ3v) is 6.43. The van der Waals surface area contributed by atoms with E-state index in [-0.39, 0.29) is 11.4 Å². The van der Waals surface area contributed by atoms with E-state index in [1.54, 1.807) is 12.1 Å². The van der Waals surface area contributed by atoms with Crippen LogP contribution < -0.4 is 5.73 Å². The van der Waals surface area contributed by atoms with Crippen LogP contribution in [0.4, 0.5) is 0 Å². The van der Waals surface area contributed by atoms with E-state index in [1.807, 2.05) is 6.92 Å². The van der Waals surface area contributed by atoms with Gasteiger partial charge in [0.05, 0.1) is 10.8 Å². The second-order valence-electron chi connectivity index (χ2n) is 6.82. The van der Waals surface area contributed by atoms with Crippen molar-refractivity contribution in [3.05, 3.63) is 29.8 Å². The number of piperidine rings is 1. The number of ether oxygens (including phenoxy) is 1. The van der Waals surface area contributed by atoms with Gasteiger partial charge in [-0.2, -0.15) is 4.31 Å². The Morgan fingerprint density at radius 1 is 1.25 bits per heavy atom. The molecule has 1 aromatic carbocycles. The molecule has 154 valence electrons. The first kappa shape index (κ1) is 21.8. The molecule has 0 radical (unpaired) electrons. The number of nitrogens with two attached hydrogens (primary N) is 1. The number of aryl methyl sites for hydroxylation is 1. The van der Waals surface area contributed by atoms with E-state index in [2.05, 4.69) is 0 Å². The van der Waals surface area contributed by atoms with Gasteiger partial charge in [0.15, 0.2) is 6.61 Å². The highest BCUT2D eigenvalue weighted by molar-refractivity contribution is 7.89. The lowest BCUT2D eigenvalue weighted by molar-refractivity contribution is -0.153. The lowest BCUT2D eigenvalue weighted by Crippen LogP contribution is -2.45. The summed E-state index contributed by atoms with van der Waals surface area (Å²) in [6, 6.07) is 6.24. The highest BCUT2D eigenvalue weighted by Gasteiger charge is 2.28. The van der Waals surface area contributed by atoms with E-state index in [9.17, 15) is 22.8 Å². The zero-order valence-corrected chi connectivity index (χ0v) is 16.8. The Bertz CT molecular complexity index is 837. The van der Waals surface area contributed by atoms with Crippen molar-refractivity contribution in [1.29, 1.82) is 0 Å². The summed E-state index contributed by atoms with van der Waals surface area (Å²) in [7, 11) is -2.58. The maximum absolute atomic E-state index is 12.5. The zero-order chi connectivity index (χ0) is 20.9. The molecule has 1 saturated heterocycles. The van der Waals surface area contributed by atoms with E-state index < -0.39 is 46.9 Å². The molecule has 1 fully saturated rings. The first-order chi connectivity index (χ1) is 13.1. The lowest BCUT2D eigenvalue weighted by atomic mass is 9.97. The van der Waals surface area contributed by atoms with Crippen molar-refractivity contribution < 1.29 is 27.5 Å². The first-order valence-electron chi connectivity index (χ1n) is 8.87. The van der Waals surface area contributed by atoms with Crippen LogP contribution >= 0.6 is 0 Å². The topological polar surface area (TPSA) is 127 Å². The van der Waals surface area contributed by atoms with Crippen molar-refractivity contribution in [3.8, 4) is 0 Å². The molecule has 10 heteroatoms. The van der Waals surface area contributed by atoms with Crippen LogP contribution in [0, 0.1) is 12.8 Å². The number of benzene rings is 1. The second-order valence-corrected chi connectivity index (χ2v) is 8.86. The molecule has 1 aliphatic heterocycles. The summed E-state index contributed by atoms with van der Waals surface area (Å²) in [4.78, 5) is 36.9. The highest BCUT2D eigenvalue weighted by atomic mass is 32.2. The number of rotatable bonds is 7. The SMILES string of the molecule is Cc1ccc(S(=O)(=O)N(C)CC(=O)OCC(=O)N2CCC[C@H](C(N)=O)C2)cc1. The number of likely N-dealkylation sites (tertiary alicyclic amines) is 1. The molecule has 2 N–H and O–H groups in total. The van der Waals surface area contributed by atoms with Gasteiger partial charge in [-0.3, -0.25) is 14.4 Å². The number of primary amides is 1. The van der Waals surface area contributed by atoms with E-state index in [0.717, 1.165) is 9.87 Å². The number of hydrogen-bond donors (Lipinski definition) is 1. The van der Waals surface area contributed by atoms with Crippen LogP contribution in [0.3, 0.4) is 0 Å². The fourth-order valence-corrected chi connectivity index (χ4v) is 3.99. The maximum atomic E-state index is 12.5. The van der Waals surface area contributed by atoms with Crippen molar-refractivity contribution >= 4 is 27.8 Å². The van der Waals surface area contributed by atoms with Crippen molar-refractivity contribution in [2.24, 2.45) is 11.7 Å². The molecule has 0 aromatic heterocycles. The smallest absolute Gasteiger partial charge is 0.321 e. The Balaban J connectivity index is 1.87. The Kier molecular flexibility index (Phi) is 7.14. The highest BCUT2D eigenvalue weighted by Crippen LogP contribution is 2.17. The van der Waals surface area contributed by atoms with E-state index in [4.69, 9.17) is 10.5 Å². The summed E-state index contributed by atoms with van der Waals surface area (Å²) in [5.41, 5.74) is 6.19. The van der Waals surface area contributed by atoms with Gasteiger partial charge in [-0.1, -0.05) is 17.7 Å². The Hall–Kier alpha value is -2.46. The molecule has 1 aromatic rings. The Morgan fingerprint density at radius 3 is 2.50 bits per heavy atom. The predicted molar refractivity (Wildman–Crippen MR) is 100 cm³/mol. The van der Waals surface area contributed by atoms with E-state index >= 15 is 0 Å². The normalized spacial score (nSPS) is 17.4. The third-order valence-electron chi connectivity index (χ3n) is 4.61. The van der Waals surface area contributed by atoms with Crippen LogP contribution in [0.5, 0.6) is 0 Å². The van der Waals surface area contributed by atoms with E-state index in [0.29, 0.717) is 19.4 Å². The molecule has 0 spiro atoms. The minimum atomic E-state index is -3.84. The number of carbonyl (C=O) groups is 3. The summed E-state index contributed by atoms with van der Waals surface area (Å²) in [5.74, 6) is -2.14. The van der Waals surface area contributed by atoms with Gasteiger partial charge in [-0.25, -0.2) is 8.42 Å². The number of esters is 1. The summed E-state index contributed by atoms with van der Waals surface area (Å²) in [5, 5.41) is 0. The van der Waals surface area contributed by atoms with E-state index in [1.165, 1.54) is 24.1 Å². The molecule has 9 nitrogen and oxygen atoms in total. The second kappa shape index (κ2) is 9.16. The van der Waals surface area contributed by atoms with Gasteiger partial charge < -0.3 is 15.4 Å². The average Bonchev–Trinajstić information content (AvgIpc) is 2.66. The van der Waals surface area contributed by atoms with Crippen molar-refractivity contribution in [1.82, 2.24) is 9.21 Å². The molecular formula is C18H25N3O6S. The molecule has 1 heterocycles. The van der Waals surface area contributed by atoms with Gasteiger partial charge in [-0.15, -0.1) is 0 Å². The number of nitrogens with zero attached hydrogens (tertiary/aromatic N) is 2. The fourth-order valence-electron chi connectivity index (χ4n) is 2.87. The number of hydrogen-bond acceptors (Lipinski definition) is 6. The van der Waals surface area contributed by atoms with Gasteiger partial charge in [-0.05, 0) is 31.9 Å².